The van der Waals surface area contributed by atoms with Crippen LogP contribution in [0.1, 0.15) is 5.56 Å². The summed E-state index contributed by atoms with van der Waals surface area (Å²) in [7, 11) is 0. The van der Waals surface area contributed by atoms with Gasteiger partial charge in [0.25, 0.3) is 5.69 Å². The van der Waals surface area contributed by atoms with Gasteiger partial charge in [0.2, 0.25) is 0 Å². The predicted octanol–water partition coefficient (Wildman–Crippen LogP) is 3.90. The van der Waals surface area contributed by atoms with Crippen molar-refractivity contribution in [2.24, 2.45) is 0 Å². The Morgan fingerprint density at radius 3 is 2.58 bits per heavy atom. The number of hydrogen-bond donors (Lipinski definition) is 1. The second-order valence-corrected chi connectivity index (χ2v) is 4.52. The monoisotopic (exact) mass is 276 g/mol. The zero-order valence-corrected chi connectivity index (χ0v) is 10.9. The first kappa shape index (κ1) is 13.4. The van der Waals surface area contributed by atoms with Crippen LogP contribution in [0.5, 0.6) is 0 Å². The number of nitro benzene ring substituents is 1. The van der Waals surface area contributed by atoms with Crippen molar-refractivity contribution in [3.05, 3.63) is 69.2 Å². The van der Waals surface area contributed by atoms with Crippen LogP contribution >= 0.6 is 11.6 Å². The van der Waals surface area contributed by atoms with Crippen molar-refractivity contribution in [1.29, 1.82) is 0 Å². The maximum absolute atomic E-state index is 10.9. The molecule has 0 aliphatic carbocycles. The molecular formula is C14H13ClN2O2. The van der Waals surface area contributed by atoms with Gasteiger partial charge in [-0.3, -0.25) is 10.1 Å². The van der Waals surface area contributed by atoms with Crippen LogP contribution in [-0.2, 0) is 6.42 Å². The molecule has 19 heavy (non-hydrogen) atoms. The molecule has 0 aliphatic rings. The van der Waals surface area contributed by atoms with E-state index in [-0.39, 0.29) is 5.69 Å². The smallest absolute Gasteiger partial charge is 0.292 e. The van der Waals surface area contributed by atoms with E-state index in [0.29, 0.717) is 17.3 Å². The second kappa shape index (κ2) is 6.20. The van der Waals surface area contributed by atoms with E-state index in [1.165, 1.54) is 17.7 Å². The Balaban J connectivity index is 2.03. The van der Waals surface area contributed by atoms with Crippen molar-refractivity contribution >= 4 is 23.0 Å². The molecule has 1 N–H and O–H groups in total. The van der Waals surface area contributed by atoms with Gasteiger partial charge in [0, 0.05) is 17.6 Å². The normalized spacial score (nSPS) is 10.2. The molecular weight excluding hydrogens is 264 g/mol. The molecule has 0 saturated heterocycles. The number of hydrogen-bond acceptors (Lipinski definition) is 3. The largest absolute Gasteiger partial charge is 0.379 e. The number of halogens is 1. The number of rotatable bonds is 5. The second-order valence-electron chi connectivity index (χ2n) is 4.08. The molecule has 0 aromatic heterocycles. The highest BCUT2D eigenvalue weighted by molar-refractivity contribution is 6.31. The van der Waals surface area contributed by atoms with Gasteiger partial charge in [0.1, 0.15) is 5.69 Å². The van der Waals surface area contributed by atoms with Crippen molar-refractivity contribution < 1.29 is 4.92 Å². The fourth-order valence-corrected chi connectivity index (χ4v) is 1.97. The zero-order valence-electron chi connectivity index (χ0n) is 10.2. The van der Waals surface area contributed by atoms with Crippen LogP contribution < -0.4 is 5.32 Å². The van der Waals surface area contributed by atoms with Crippen LogP contribution in [-0.4, -0.2) is 11.5 Å². The van der Waals surface area contributed by atoms with E-state index >= 15 is 0 Å². The maximum Gasteiger partial charge on any atom is 0.292 e. The van der Waals surface area contributed by atoms with E-state index in [0.717, 1.165) is 6.42 Å². The van der Waals surface area contributed by atoms with Crippen molar-refractivity contribution in [2.75, 3.05) is 11.9 Å². The number of benzene rings is 2. The van der Waals surface area contributed by atoms with Crippen molar-refractivity contribution in [3.8, 4) is 0 Å². The molecule has 2 aromatic carbocycles. The number of nitro groups is 1. The summed E-state index contributed by atoms with van der Waals surface area (Å²) >= 11 is 5.85. The molecule has 98 valence electrons. The topological polar surface area (TPSA) is 55.2 Å². The summed E-state index contributed by atoms with van der Waals surface area (Å²) in [5, 5.41) is 14.4. The van der Waals surface area contributed by atoms with E-state index in [2.05, 4.69) is 5.32 Å². The molecule has 5 heteroatoms. The molecule has 0 radical (unpaired) electrons. The van der Waals surface area contributed by atoms with Crippen LogP contribution in [0, 0.1) is 10.1 Å². The Morgan fingerprint density at radius 1 is 1.16 bits per heavy atom. The van der Waals surface area contributed by atoms with Crippen LogP contribution in [0.3, 0.4) is 0 Å². The van der Waals surface area contributed by atoms with Gasteiger partial charge >= 0.3 is 0 Å². The molecule has 0 saturated carbocycles. The fraction of sp³-hybridized carbons (Fsp3) is 0.143. The standard InChI is InChI=1S/C14H13ClN2O2/c15-12-6-7-14(17(18)19)13(10-12)16-9-8-11-4-2-1-3-5-11/h1-7,10,16H,8-9H2. The third kappa shape index (κ3) is 3.69. The van der Waals surface area contributed by atoms with Gasteiger partial charge in [-0.25, -0.2) is 0 Å². The van der Waals surface area contributed by atoms with Gasteiger partial charge in [0.15, 0.2) is 0 Å². The van der Waals surface area contributed by atoms with Crippen LogP contribution in [0.4, 0.5) is 11.4 Å². The molecule has 0 heterocycles. The third-order valence-corrected chi connectivity index (χ3v) is 2.96. The molecule has 0 atom stereocenters. The lowest BCUT2D eigenvalue weighted by Crippen LogP contribution is -2.06. The summed E-state index contributed by atoms with van der Waals surface area (Å²) in [6.07, 6.45) is 0.796. The lowest BCUT2D eigenvalue weighted by atomic mass is 10.1. The first-order valence-electron chi connectivity index (χ1n) is 5.88. The Bertz CT molecular complexity index is 573. The fourth-order valence-electron chi connectivity index (χ4n) is 1.80. The molecule has 0 fully saturated rings. The third-order valence-electron chi connectivity index (χ3n) is 2.73. The molecule has 0 amide bonds. The van der Waals surface area contributed by atoms with Gasteiger partial charge in [-0.05, 0) is 24.1 Å². The van der Waals surface area contributed by atoms with Crippen molar-refractivity contribution in [3.63, 3.8) is 0 Å². The van der Waals surface area contributed by atoms with E-state index in [1.54, 1.807) is 6.07 Å². The first-order valence-corrected chi connectivity index (χ1v) is 6.26. The van der Waals surface area contributed by atoms with E-state index < -0.39 is 4.92 Å². The summed E-state index contributed by atoms with van der Waals surface area (Å²) in [5.41, 5.74) is 1.67. The minimum absolute atomic E-state index is 0.0393. The Kier molecular flexibility index (Phi) is 4.36. The molecule has 0 bridgehead atoms. The highest BCUT2D eigenvalue weighted by Gasteiger charge is 2.13. The molecule has 4 nitrogen and oxygen atoms in total. The summed E-state index contributed by atoms with van der Waals surface area (Å²) in [5.74, 6) is 0. The molecule has 0 unspecified atom stereocenters. The van der Waals surface area contributed by atoms with Crippen LogP contribution in [0.25, 0.3) is 0 Å². The lowest BCUT2D eigenvalue weighted by molar-refractivity contribution is -0.384. The lowest BCUT2D eigenvalue weighted by Gasteiger charge is -2.07. The van der Waals surface area contributed by atoms with Gasteiger partial charge < -0.3 is 5.32 Å². The molecule has 2 rings (SSSR count). The minimum Gasteiger partial charge on any atom is -0.379 e. The van der Waals surface area contributed by atoms with E-state index in [1.807, 2.05) is 30.3 Å². The van der Waals surface area contributed by atoms with Crippen LogP contribution in [0.15, 0.2) is 48.5 Å². The van der Waals surface area contributed by atoms with Crippen molar-refractivity contribution in [1.82, 2.24) is 0 Å². The summed E-state index contributed by atoms with van der Waals surface area (Å²) < 4.78 is 0. The average molecular weight is 277 g/mol. The van der Waals surface area contributed by atoms with E-state index in [9.17, 15) is 10.1 Å². The SMILES string of the molecule is O=[N+]([O-])c1ccc(Cl)cc1NCCc1ccccc1. The van der Waals surface area contributed by atoms with Gasteiger partial charge in [-0.15, -0.1) is 0 Å². The number of anilines is 1. The van der Waals surface area contributed by atoms with Crippen LogP contribution in [0.2, 0.25) is 5.02 Å². The summed E-state index contributed by atoms with van der Waals surface area (Å²) in [4.78, 5) is 10.5. The van der Waals surface area contributed by atoms with Crippen molar-refractivity contribution in [2.45, 2.75) is 6.42 Å². The first-order chi connectivity index (χ1) is 9.16. The zero-order chi connectivity index (χ0) is 13.7. The Hall–Kier alpha value is -2.07. The highest BCUT2D eigenvalue weighted by Crippen LogP contribution is 2.27. The number of nitrogens with zero attached hydrogens (tertiary/aromatic N) is 1. The maximum atomic E-state index is 10.9. The Morgan fingerprint density at radius 2 is 1.89 bits per heavy atom. The molecule has 0 aliphatic heterocycles. The highest BCUT2D eigenvalue weighted by atomic mass is 35.5. The number of nitrogens with one attached hydrogen (secondary N) is 1. The summed E-state index contributed by atoms with van der Waals surface area (Å²) in [6, 6.07) is 14.4. The quantitative estimate of drug-likeness (QED) is 0.665. The summed E-state index contributed by atoms with van der Waals surface area (Å²) in [6.45, 7) is 0.616. The van der Waals surface area contributed by atoms with E-state index in [4.69, 9.17) is 11.6 Å². The minimum atomic E-state index is -0.415. The Labute approximate surface area is 116 Å². The van der Waals surface area contributed by atoms with Gasteiger partial charge in [-0.2, -0.15) is 0 Å². The molecule has 0 spiro atoms. The average Bonchev–Trinajstić information content (AvgIpc) is 2.39. The molecule has 2 aromatic rings. The predicted molar refractivity (Wildman–Crippen MR) is 76.7 cm³/mol. The van der Waals surface area contributed by atoms with Gasteiger partial charge in [-0.1, -0.05) is 41.9 Å². The van der Waals surface area contributed by atoms with Gasteiger partial charge in [0.05, 0.1) is 4.92 Å².